The molecule has 1 atom stereocenters. The monoisotopic (exact) mass is 365 g/mol. The molecular weight excluding hydrogens is 338 g/mol. The molecule has 1 aromatic carbocycles. The van der Waals surface area contributed by atoms with Crippen LogP contribution in [-0.2, 0) is 11.3 Å². The molecule has 0 aliphatic carbocycles. The Morgan fingerprint density at radius 3 is 2.92 bits per heavy atom. The highest BCUT2D eigenvalue weighted by Gasteiger charge is 2.40. The number of carbonyl (C=O) groups excluding carboxylic acids is 1. The van der Waals surface area contributed by atoms with E-state index in [9.17, 15) is 4.79 Å². The van der Waals surface area contributed by atoms with E-state index in [4.69, 9.17) is 9.47 Å². The number of carbonyl (C=O) groups is 1. The van der Waals surface area contributed by atoms with Gasteiger partial charge in [-0.2, -0.15) is 11.8 Å². The molecule has 1 aromatic rings. The molecule has 25 heavy (non-hydrogen) atoms. The van der Waals surface area contributed by atoms with Gasteiger partial charge in [0.05, 0.1) is 20.3 Å². The molecule has 0 spiro atoms. The van der Waals surface area contributed by atoms with Crippen molar-refractivity contribution in [1.82, 2.24) is 15.5 Å². The third-order valence-corrected chi connectivity index (χ3v) is 6.16. The van der Waals surface area contributed by atoms with Crippen LogP contribution in [0.25, 0.3) is 0 Å². The number of urea groups is 1. The highest BCUT2D eigenvalue weighted by atomic mass is 32.2. The number of thioether (sulfide) groups is 1. The summed E-state index contributed by atoms with van der Waals surface area (Å²) in [5, 5.41) is 6.02. The Hall–Kier alpha value is -1.44. The van der Waals surface area contributed by atoms with Crippen LogP contribution in [0.2, 0.25) is 0 Å². The first kappa shape index (κ1) is 18.4. The van der Waals surface area contributed by atoms with Crippen LogP contribution in [0.4, 0.5) is 4.79 Å². The number of nitrogens with zero attached hydrogens (tertiary/aromatic N) is 1. The van der Waals surface area contributed by atoms with Crippen molar-refractivity contribution >= 4 is 17.8 Å². The summed E-state index contributed by atoms with van der Waals surface area (Å²) in [7, 11) is 1.64. The zero-order valence-corrected chi connectivity index (χ0v) is 15.6. The molecule has 2 fully saturated rings. The second kappa shape index (κ2) is 8.78. The smallest absolute Gasteiger partial charge is 0.315 e. The van der Waals surface area contributed by atoms with E-state index in [0.717, 1.165) is 55.5 Å². The van der Waals surface area contributed by atoms with Gasteiger partial charge < -0.3 is 20.1 Å². The third-order valence-electron chi connectivity index (χ3n) is 4.93. The fraction of sp³-hybridized carbons (Fsp3) is 0.611. The molecule has 0 unspecified atom stereocenters. The van der Waals surface area contributed by atoms with E-state index < -0.39 is 0 Å². The number of morpholine rings is 1. The first-order chi connectivity index (χ1) is 12.2. The number of hydrogen-bond donors (Lipinski definition) is 2. The number of benzene rings is 1. The number of nitrogens with one attached hydrogen (secondary N) is 2. The number of methoxy groups -OCH3 is 1. The van der Waals surface area contributed by atoms with E-state index in [1.54, 1.807) is 7.11 Å². The van der Waals surface area contributed by atoms with Crippen LogP contribution in [0.3, 0.4) is 0 Å². The third kappa shape index (κ3) is 4.80. The minimum Gasteiger partial charge on any atom is -0.497 e. The van der Waals surface area contributed by atoms with Gasteiger partial charge >= 0.3 is 6.03 Å². The highest BCUT2D eigenvalue weighted by molar-refractivity contribution is 7.99. The average Bonchev–Trinajstić information content (AvgIpc) is 3.16. The predicted octanol–water partition coefficient (Wildman–Crippen LogP) is 1.70. The van der Waals surface area contributed by atoms with Gasteiger partial charge in [-0.3, -0.25) is 4.90 Å². The summed E-state index contributed by atoms with van der Waals surface area (Å²) in [6.07, 6.45) is 1.12. The fourth-order valence-electron chi connectivity index (χ4n) is 3.41. The lowest BCUT2D eigenvalue weighted by Gasteiger charge is -2.43. The Kier molecular flexibility index (Phi) is 6.45. The lowest BCUT2D eigenvalue weighted by molar-refractivity contribution is -0.0124. The molecule has 2 heterocycles. The maximum absolute atomic E-state index is 12.2. The van der Waals surface area contributed by atoms with Crippen LogP contribution in [0.15, 0.2) is 24.3 Å². The van der Waals surface area contributed by atoms with Crippen molar-refractivity contribution < 1.29 is 14.3 Å². The van der Waals surface area contributed by atoms with Gasteiger partial charge in [0.1, 0.15) is 5.75 Å². The van der Waals surface area contributed by atoms with E-state index in [0.29, 0.717) is 13.1 Å². The van der Waals surface area contributed by atoms with Crippen molar-refractivity contribution in [1.29, 1.82) is 0 Å². The average molecular weight is 365 g/mol. The molecule has 6 nitrogen and oxygen atoms in total. The summed E-state index contributed by atoms with van der Waals surface area (Å²) < 4.78 is 10.7. The molecule has 0 radical (unpaired) electrons. The standard InChI is InChI=1S/C18H27N3O3S/c1-23-16-4-2-3-15(11-16)12-19-17(22)20-13-18(5-10-25-14-18)21-6-8-24-9-7-21/h2-4,11H,5-10,12-14H2,1H3,(H2,19,20,22)/t18-/m0/s1. The Labute approximate surface area is 153 Å². The van der Waals surface area contributed by atoms with Crippen LogP contribution >= 0.6 is 11.8 Å². The van der Waals surface area contributed by atoms with Crippen LogP contribution in [-0.4, -0.2) is 67.9 Å². The second-order valence-electron chi connectivity index (χ2n) is 6.51. The summed E-state index contributed by atoms with van der Waals surface area (Å²) in [4.78, 5) is 14.7. The van der Waals surface area contributed by atoms with Crippen LogP contribution in [0.5, 0.6) is 5.75 Å². The van der Waals surface area contributed by atoms with Gasteiger partial charge in [0.2, 0.25) is 0 Å². The van der Waals surface area contributed by atoms with E-state index >= 15 is 0 Å². The van der Waals surface area contributed by atoms with Gasteiger partial charge in [-0.1, -0.05) is 12.1 Å². The number of rotatable bonds is 6. The van der Waals surface area contributed by atoms with Gasteiger partial charge in [0.25, 0.3) is 0 Å². The van der Waals surface area contributed by atoms with Crippen molar-refractivity contribution in [2.24, 2.45) is 0 Å². The largest absolute Gasteiger partial charge is 0.497 e. The normalized spacial score (nSPS) is 24.0. The van der Waals surface area contributed by atoms with Crippen molar-refractivity contribution in [2.75, 3.05) is 51.5 Å². The molecular formula is C18H27N3O3S. The van der Waals surface area contributed by atoms with Gasteiger partial charge in [0, 0.05) is 37.5 Å². The summed E-state index contributed by atoms with van der Waals surface area (Å²) in [6.45, 7) is 4.65. The predicted molar refractivity (Wildman–Crippen MR) is 100 cm³/mol. The van der Waals surface area contributed by atoms with Gasteiger partial charge in [-0.05, 0) is 29.9 Å². The van der Waals surface area contributed by atoms with Crippen molar-refractivity contribution in [3.8, 4) is 5.75 Å². The van der Waals surface area contributed by atoms with Crippen molar-refractivity contribution in [3.63, 3.8) is 0 Å². The summed E-state index contributed by atoms with van der Waals surface area (Å²) in [6, 6.07) is 7.62. The van der Waals surface area contributed by atoms with Crippen LogP contribution in [0, 0.1) is 0 Å². The lowest BCUT2D eigenvalue weighted by atomic mass is 9.95. The molecule has 3 rings (SSSR count). The van der Waals surface area contributed by atoms with Crippen LogP contribution in [0.1, 0.15) is 12.0 Å². The quantitative estimate of drug-likeness (QED) is 0.803. The second-order valence-corrected chi connectivity index (χ2v) is 7.62. The molecule has 7 heteroatoms. The zero-order chi connectivity index (χ0) is 17.5. The Morgan fingerprint density at radius 2 is 2.20 bits per heavy atom. The summed E-state index contributed by atoms with van der Waals surface area (Å²) in [5.41, 5.74) is 1.09. The summed E-state index contributed by atoms with van der Waals surface area (Å²) in [5.74, 6) is 3.03. The van der Waals surface area contributed by atoms with E-state index in [1.165, 1.54) is 0 Å². The minimum absolute atomic E-state index is 0.0712. The molecule has 138 valence electrons. The molecule has 2 aliphatic rings. The Bertz CT molecular complexity index is 572. The Morgan fingerprint density at radius 1 is 1.36 bits per heavy atom. The first-order valence-corrected chi connectivity index (χ1v) is 9.92. The number of ether oxygens (including phenoxy) is 2. The molecule has 2 saturated heterocycles. The van der Waals surface area contributed by atoms with Crippen molar-refractivity contribution in [2.45, 2.75) is 18.5 Å². The van der Waals surface area contributed by atoms with Crippen LogP contribution < -0.4 is 15.4 Å². The molecule has 0 aromatic heterocycles. The van der Waals surface area contributed by atoms with Gasteiger partial charge in [-0.15, -0.1) is 0 Å². The first-order valence-electron chi connectivity index (χ1n) is 8.77. The lowest BCUT2D eigenvalue weighted by Crippen LogP contribution is -2.59. The number of hydrogen-bond acceptors (Lipinski definition) is 5. The Balaban J connectivity index is 1.49. The molecule has 0 saturated carbocycles. The fourth-order valence-corrected chi connectivity index (χ4v) is 4.88. The molecule has 2 amide bonds. The zero-order valence-electron chi connectivity index (χ0n) is 14.8. The topological polar surface area (TPSA) is 62.8 Å². The van der Waals surface area contributed by atoms with Gasteiger partial charge in [0.15, 0.2) is 0 Å². The van der Waals surface area contributed by atoms with Crippen molar-refractivity contribution in [3.05, 3.63) is 29.8 Å². The molecule has 0 bridgehead atoms. The SMILES string of the molecule is COc1cccc(CNC(=O)NC[C@@]2(N3CCOCC3)CCSC2)c1. The molecule has 2 aliphatic heterocycles. The minimum atomic E-state index is -0.118. The summed E-state index contributed by atoms with van der Waals surface area (Å²) >= 11 is 1.97. The maximum atomic E-state index is 12.2. The van der Waals surface area contributed by atoms with E-state index in [-0.39, 0.29) is 11.6 Å². The van der Waals surface area contributed by atoms with E-state index in [2.05, 4.69) is 15.5 Å². The maximum Gasteiger partial charge on any atom is 0.315 e. The molecule has 2 N–H and O–H groups in total. The van der Waals surface area contributed by atoms with E-state index in [1.807, 2.05) is 36.0 Å². The van der Waals surface area contributed by atoms with Gasteiger partial charge in [-0.25, -0.2) is 4.79 Å². The number of amides is 2. The highest BCUT2D eigenvalue weighted by Crippen LogP contribution is 2.33.